The van der Waals surface area contributed by atoms with Gasteiger partial charge >= 0.3 is 0 Å². The third kappa shape index (κ3) is 4.04. The van der Waals surface area contributed by atoms with Gasteiger partial charge in [-0.3, -0.25) is 14.4 Å². The van der Waals surface area contributed by atoms with Crippen LogP contribution in [0.5, 0.6) is 0 Å². The van der Waals surface area contributed by atoms with Crippen molar-refractivity contribution in [2.45, 2.75) is 33.9 Å². The molecule has 0 saturated heterocycles. The summed E-state index contributed by atoms with van der Waals surface area (Å²) in [4.78, 5) is 13.7. The van der Waals surface area contributed by atoms with E-state index in [1.807, 2.05) is 25.6 Å². The standard InChI is InChI=1S/C13H23BrN4O/c1-6-18-11(12(14)10(3)16-18)8-17(5)7-9(2)13(19)15-4/h9H,6-8H2,1-5H3,(H,15,19). The molecule has 0 radical (unpaired) electrons. The maximum Gasteiger partial charge on any atom is 0.223 e. The molecule has 1 heterocycles. The zero-order chi connectivity index (χ0) is 14.6. The summed E-state index contributed by atoms with van der Waals surface area (Å²) in [6.07, 6.45) is 0. The molecule has 1 amide bonds. The lowest BCUT2D eigenvalue weighted by molar-refractivity contribution is -0.124. The van der Waals surface area contributed by atoms with Crippen LogP contribution in [-0.4, -0.2) is 41.2 Å². The Morgan fingerprint density at radius 3 is 2.74 bits per heavy atom. The largest absolute Gasteiger partial charge is 0.359 e. The first-order chi connectivity index (χ1) is 8.90. The van der Waals surface area contributed by atoms with Gasteiger partial charge < -0.3 is 5.32 Å². The summed E-state index contributed by atoms with van der Waals surface area (Å²) in [5.74, 6) is 0.0546. The predicted molar refractivity (Wildman–Crippen MR) is 79.9 cm³/mol. The molecule has 1 N–H and O–H groups in total. The van der Waals surface area contributed by atoms with Crippen molar-refractivity contribution in [3.63, 3.8) is 0 Å². The van der Waals surface area contributed by atoms with Crippen LogP contribution in [0.25, 0.3) is 0 Å². The Kier molecular flexibility index (Phi) is 6.00. The first-order valence-electron chi connectivity index (χ1n) is 6.52. The molecule has 0 aliphatic carbocycles. The van der Waals surface area contributed by atoms with Crippen LogP contribution in [-0.2, 0) is 17.9 Å². The van der Waals surface area contributed by atoms with Gasteiger partial charge in [0.25, 0.3) is 0 Å². The zero-order valence-corrected chi connectivity index (χ0v) is 13.9. The van der Waals surface area contributed by atoms with Crippen LogP contribution in [0.2, 0.25) is 0 Å². The lowest BCUT2D eigenvalue weighted by Crippen LogP contribution is -2.34. The fraction of sp³-hybridized carbons (Fsp3) is 0.692. The monoisotopic (exact) mass is 330 g/mol. The van der Waals surface area contributed by atoms with E-state index in [0.29, 0.717) is 0 Å². The fourth-order valence-corrected chi connectivity index (χ4v) is 2.55. The quantitative estimate of drug-likeness (QED) is 0.865. The SMILES string of the molecule is CCn1nc(C)c(Br)c1CN(C)CC(C)C(=O)NC. The molecule has 0 saturated carbocycles. The molecule has 19 heavy (non-hydrogen) atoms. The maximum atomic E-state index is 11.5. The van der Waals surface area contributed by atoms with E-state index >= 15 is 0 Å². The van der Waals surface area contributed by atoms with Crippen LogP contribution in [0.4, 0.5) is 0 Å². The predicted octanol–water partition coefficient (Wildman–Crippen LogP) is 1.79. The molecule has 0 aliphatic rings. The highest BCUT2D eigenvalue weighted by Crippen LogP contribution is 2.22. The van der Waals surface area contributed by atoms with Gasteiger partial charge in [0.05, 0.1) is 15.9 Å². The summed E-state index contributed by atoms with van der Waals surface area (Å²) >= 11 is 3.59. The number of amides is 1. The number of aromatic nitrogens is 2. The first kappa shape index (κ1) is 16.2. The van der Waals surface area contributed by atoms with E-state index in [0.717, 1.165) is 35.5 Å². The second-order valence-corrected chi connectivity index (χ2v) is 5.67. The minimum Gasteiger partial charge on any atom is -0.359 e. The van der Waals surface area contributed by atoms with E-state index in [1.54, 1.807) is 7.05 Å². The Morgan fingerprint density at radius 2 is 2.21 bits per heavy atom. The second kappa shape index (κ2) is 7.05. The molecule has 1 aromatic heterocycles. The molecule has 108 valence electrons. The van der Waals surface area contributed by atoms with Crippen LogP contribution < -0.4 is 5.32 Å². The van der Waals surface area contributed by atoms with Gasteiger partial charge in [-0.05, 0) is 36.8 Å². The van der Waals surface area contributed by atoms with E-state index in [4.69, 9.17) is 0 Å². The summed E-state index contributed by atoms with van der Waals surface area (Å²) in [5, 5.41) is 7.16. The minimum absolute atomic E-state index is 0.0205. The third-order valence-electron chi connectivity index (χ3n) is 3.15. The van der Waals surface area contributed by atoms with E-state index in [1.165, 1.54) is 0 Å². The Bertz CT molecular complexity index is 444. The van der Waals surface area contributed by atoms with E-state index in [2.05, 4.69) is 38.2 Å². The molecule has 6 heteroatoms. The van der Waals surface area contributed by atoms with Crippen LogP contribution in [0.3, 0.4) is 0 Å². The van der Waals surface area contributed by atoms with Crippen LogP contribution >= 0.6 is 15.9 Å². The molecule has 1 rings (SSSR count). The molecule has 1 unspecified atom stereocenters. The lowest BCUT2D eigenvalue weighted by Gasteiger charge is -2.21. The number of nitrogens with zero attached hydrogens (tertiary/aromatic N) is 3. The highest BCUT2D eigenvalue weighted by molar-refractivity contribution is 9.10. The van der Waals surface area contributed by atoms with Gasteiger partial charge in [0.15, 0.2) is 0 Å². The average molecular weight is 331 g/mol. The van der Waals surface area contributed by atoms with Crippen molar-refractivity contribution in [3.8, 4) is 0 Å². The Labute approximate surface area is 123 Å². The first-order valence-corrected chi connectivity index (χ1v) is 7.31. The topological polar surface area (TPSA) is 50.2 Å². The number of nitrogens with one attached hydrogen (secondary N) is 1. The number of carbonyl (C=O) groups excluding carboxylic acids is 1. The van der Waals surface area contributed by atoms with Crippen molar-refractivity contribution in [2.75, 3.05) is 20.6 Å². The Hall–Kier alpha value is -0.880. The van der Waals surface area contributed by atoms with Crippen molar-refractivity contribution in [1.82, 2.24) is 20.0 Å². The van der Waals surface area contributed by atoms with Crippen molar-refractivity contribution >= 4 is 21.8 Å². The Morgan fingerprint density at radius 1 is 1.58 bits per heavy atom. The number of hydrogen-bond donors (Lipinski definition) is 1. The molecule has 0 spiro atoms. The number of rotatable bonds is 6. The van der Waals surface area contributed by atoms with E-state index in [9.17, 15) is 4.79 Å². The number of aryl methyl sites for hydroxylation is 2. The van der Waals surface area contributed by atoms with Gasteiger partial charge in [-0.25, -0.2) is 0 Å². The Balaban J connectivity index is 2.72. The molecule has 0 aromatic carbocycles. The molecule has 0 fully saturated rings. The normalized spacial score (nSPS) is 12.8. The summed E-state index contributed by atoms with van der Waals surface area (Å²) < 4.78 is 3.06. The van der Waals surface area contributed by atoms with Crippen LogP contribution in [0.15, 0.2) is 4.47 Å². The van der Waals surface area contributed by atoms with Crippen molar-refractivity contribution in [2.24, 2.45) is 5.92 Å². The highest BCUT2D eigenvalue weighted by Gasteiger charge is 2.17. The second-order valence-electron chi connectivity index (χ2n) is 4.87. The minimum atomic E-state index is -0.0205. The lowest BCUT2D eigenvalue weighted by atomic mass is 10.1. The van der Waals surface area contributed by atoms with E-state index < -0.39 is 0 Å². The summed E-state index contributed by atoms with van der Waals surface area (Å²) in [5.41, 5.74) is 2.16. The highest BCUT2D eigenvalue weighted by atomic mass is 79.9. The number of halogens is 1. The average Bonchev–Trinajstić information content (AvgIpc) is 2.65. The van der Waals surface area contributed by atoms with Gasteiger partial charge in [0.1, 0.15) is 0 Å². The molecule has 0 bridgehead atoms. The van der Waals surface area contributed by atoms with Gasteiger partial charge in [-0.15, -0.1) is 0 Å². The van der Waals surface area contributed by atoms with Crippen molar-refractivity contribution < 1.29 is 4.79 Å². The van der Waals surface area contributed by atoms with E-state index in [-0.39, 0.29) is 11.8 Å². The molecule has 1 atom stereocenters. The van der Waals surface area contributed by atoms with Gasteiger partial charge in [-0.1, -0.05) is 6.92 Å². The smallest absolute Gasteiger partial charge is 0.223 e. The fourth-order valence-electron chi connectivity index (χ4n) is 2.14. The van der Waals surface area contributed by atoms with Crippen LogP contribution in [0, 0.1) is 12.8 Å². The summed E-state index contributed by atoms with van der Waals surface area (Å²) in [6, 6.07) is 0. The summed E-state index contributed by atoms with van der Waals surface area (Å²) in [6.45, 7) is 8.35. The van der Waals surface area contributed by atoms with Crippen molar-refractivity contribution in [1.29, 1.82) is 0 Å². The van der Waals surface area contributed by atoms with Crippen LogP contribution in [0.1, 0.15) is 25.2 Å². The van der Waals surface area contributed by atoms with Gasteiger partial charge in [-0.2, -0.15) is 5.10 Å². The van der Waals surface area contributed by atoms with Gasteiger partial charge in [0, 0.05) is 32.6 Å². The molecule has 0 aliphatic heterocycles. The third-order valence-corrected chi connectivity index (χ3v) is 4.18. The molecular weight excluding hydrogens is 308 g/mol. The molecule has 5 nitrogen and oxygen atoms in total. The number of hydrogen-bond acceptors (Lipinski definition) is 3. The maximum absolute atomic E-state index is 11.5. The van der Waals surface area contributed by atoms with Gasteiger partial charge in [0.2, 0.25) is 5.91 Å². The zero-order valence-electron chi connectivity index (χ0n) is 12.3. The van der Waals surface area contributed by atoms with Crippen molar-refractivity contribution in [3.05, 3.63) is 15.9 Å². The number of carbonyl (C=O) groups is 1. The molecule has 1 aromatic rings. The summed E-state index contributed by atoms with van der Waals surface area (Å²) in [7, 11) is 3.69. The molecular formula is C13H23BrN4O.